The molecule has 0 fully saturated rings. The van der Waals surface area contributed by atoms with Crippen LogP contribution in [0.15, 0.2) is 0 Å². The zero-order valence-electron chi connectivity index (χ0n) is 5.35. The van der Waals surface area contributed by atoms with E-state index in [9.17, 15) is 0 Å². The minimum Gasteiger partial charge on any atom is -0.381 e. The van der Waals surface area contributed by atoms with Crippen molar-refractivity contribution in [3.63, 3.8) is 0 Å². The number of hydrogen-bond donors (Lipinski definition) is 0. The van der Waals surface area contributed by atoms with E-state index in [-0.39, 0.29) is 0 Å². The molecule has 0 saturated carbocycles. The topological polar surface area (TPSA) is 9.23 Å². The average molecular weight is 133 g/mol. The van der Waals surface area contributed by atoms with Gasteiger partial charge >= 0.3 is 0 Å². The van der Waals surface area contributed by atoms with Crippen LogP contribution in [0.1, 0.15) is 6.92 Å². The maximum Gasteiger partial charge on any atom is 0.0556 e. The van der Waals surface area contributed by atoms with Gasteiger partial charge in [-0.15, -0.1) is 0 Å². The van der Waals surface area contributed by atoms with E-state index in [0.717, 1.165) is 12.4 Å². The first-order valence-electron chi connectivity index (χ1n) is 2.86. The Morgan fingerprint density at radius 1 is 1.62 bits per heavy atom. The van der Waals surface area contributed by atoms with Crippen molar-refractivity contribution in [3.05, 3.63) is 6.92 Å². The Labute approximate surface area is 55.8 Å². The first-order chi connectivity index (χ1) is 3.91. The molecule has 0 spiro atoms. The van der Waals surface area contributed by atoms with Crippen molar-refractivity contribution in [2.45, 2.75) is 6.92 Å². The van der Waals surface area contributed by atoms with E-state index in [1.807, 2.05) is 11.8 Å². The highest BCUT2D eigenvalue weighted by Crippen LogP contribution is 1.96. The van der Waals surface area contributed by atoms with Crippen molar-refractivity contribution in [3.8, 4) is 0 Å². The monoisotopic (exact) mass is 133 g/mol. The molecule has 0 aliphatic rings. The van der Waals surface area contributed by atoms with Crippen LogP contribution in [0.4, 0.5) is 0 Å². The van der Waals surface area contributed by atoms with E-state index in [2.05, 4.69) is 13.8 Å². The van der Waals surface area contributed by atoms with E-state index >= 15 is 0 Å². The predicted molar refractivity (Wildman–Crippen MR) is 39.2 cm³/mol. The zero-order valence-corrected chi connectivity index (χ0v) is 6.17. The van der Waals surface area contributed by atoms with Crippen molar-refractivity contribution >= 4 is 11.8 Å². The summed E-state index contributed by atoms with van der Waals surface area (Å²) in [5.41, 5.74) is 0. The molecular weight excluding hydrogens is 120 g/mol. The lowest BCUT2D eigenvalue weighted by molar-refractivity contribution is 0.179. The van der Waals surface area contributed by atoms with Crippen LogP contribution in [-0.2, 0) is 4.74 Å². The van der Waals surface area contributed by atoms with Crippen LogP contribution < -0.4 is 0 Å². The Bertz CT molecular complexity index is 33.5. The van der Waals surface area contributed by atoms with Gasteiger partial charge in [-0.05, 0) is 12.7 Å². The Morgan fingerprint density at radius 3 is 2.88 bits per heavy atom. The van der Waals surface area contributed by atoms with Gasteiger partial charge in [0.25, 0.3) is 0 Å². The third-order valence-electron chi connectivity index (χ3n) is 0.720. The maximum atomic E-state index is 5.00. The highest BCUT2D eigenvalue weighted by molar-refractivity contribution is 7.99. The minimum atomic E-state index is 0.601. The largest absolute Gasteiger partial charge is 0.381 e. The molecule has 0 heterocycles. The van der Waals surface area contributed by atoms with Gasteiger partial charge in [0.1, 0.15) is 0 Å². The summed E-state index contributed by atoms with van der Waals surface area (Å²) < 4.78 is 5.00. The summed E-state index contributed by atoms with van der Waals surface area (Å²) in [4.78, 5) is 0. The Hall–Kier alpha value is 0.310. The van der Waals surface area contributed by atoms with Crippen molar-refractivity contribution in [1.29, 1.82) is 0 Å². The van der Waals surface area contributed by atoms with Crippen LogP contribution in [0.5, 0.6) is 0 Å². The standard InChI is InChI=1S/C6H13OS/c1-3-7-5-6-8-4-2/h1,3-6H2,2H3. The molecule has 0 aromatic heterocycles. The number of thioether (sulfide) groups is 1. The minimum absolute atomic E-state index is 0.601. The van der Waals surface area contributed by atoms with Crippen LogP contribution in [0.25, 0.3) is 0 Å². The van der Waals surface area contributed by atoms with Gasteiger partial charge in [-0.3, -0.25) is 0 Å². The summed E-state index contributed by atoms with van der Waals surface area (Å²) in [7, 11) is 0. The highest BCUT2D eigenvalue weighted by Gasteiger charge is 1.82. The third-order valence-corrected chi connectivity index (χ3v) is 1.58. The van der Waals surface area contributed by atoms with E-state index in [0.29, 0.717) is 6.61 Å². The van der Waals surface area contributed by atoms with E-state index in [1.54, 1.807) is 0 Å². The fourth-order valence-electron chi connectivity index (χ4n) is 0.364. The molecule has 0 atom stereocenters. The molecule has 0 bridgehead atoms. The lowest BCUT2D eigenvalue weighted by Gasteiger charge is -1.96. The first-order valence-corrected chi connectivity index (χ1v) is 4.02. The van der Waals surface area contributed by atoms with Crippen LogP contribution in [0.2, 0.25) is 0 Å². The molecule has 0 aliphatic heterocycles. The van der Waals surface area contributed by atoms with Gasteiger partial charge in [-0.2, -0.15) is 11.8 Å². The van der Waals surface area contributed by atoms with E-state index in [1.165, 1.54) is 5.75 Å². The Balaban J connectivity index is 2.53. The molecule has 0 rings (SSSR count). The highest BCUT2D eigenvalue weighted by atomic mass is 32.2. The molecule has 0 amide bonds. The lowest BCUT2D eigenvalue weighted by atomic mass is 10.8. The van der Waals surface area contributed by atoms with Crippen LogP contribution in [-0.4, -0.2) is 24.7 Å². The molecule has 1 nitrogen and oxygen atoms in total. The SMILES string of the molecule is [CH2]COCCSCC. The second-order valence-corrected chi connectivity index (χ2v) is 2.70. The van der Waals surface area contributed by atoms with E-state index in [4.69, 9.17) is 4.74 Å². The fraction of sp³-hybridized carbons (Fsp3) is 0.833. The molecule has 1 radical (unpaired) electrons. The van der Waals surface area contributed by atoms with Gasteiger partial charge in [-0.25, -0.2) is 0 Å². The molecule has 0 saturated heterocycles. The molecule has 49 valence electrons. The van der Waals surface area contributed by atoms with Crippen LogP contribution in [0, 0.1) is 6.92 Å². The van der Waals surface area contributed by atoms with Gasteiger partial charge < -0.3 is 4.74 Å². The molecular formula is C6H13OS. The Morgan fingerprint density at radius 2 is 2.38 bits per heavy atom. The third kappa shape index (κ3) is 6.31. The molecule has 0 aliphatic carbocycles. The quantitative estimate of drug-likeness (QED) is 0.527. The zero-order chi connectivity index (χ0) is 6.24. The second-order valence-electron chi connectivity index (χ2n) is 1.31. The number of hydrogen-bond acceptors (Lipinski definition) is 2. The molecule has 0 N–H and O–H groups in total. The summed E-state index contributed by atoms with van der Waals surface area (Å²) in [6, 6.07) is 0. The summed E-state index contributed by atoms with van der Waals surface area (Å²) in [6.07, 6.45) is 0. The summed E-state index contributed by atoms with van der Waals surface area (Å²) >= 11 is 1.90. The fourth-order valence-corrected chi connectivity index (χ4v) is 0.889. The van der Waals surface area contributed by atoms with Gasteiger partial charge in [-0.1, -0.05) is 6.92 Å². The summed E-state index contributed by atoms with van der Waals surface area (Å²) in [5.74, 6) is 2.28. The van der Waals surface area contributed by atoms with Gasteiger partial charge in [0, 0.05) is 12.4 Å². The molecule has 0 aromatic rings. The van der Waals surface area contributed by atoms with Crippen LogP contribution >= 0.6 is 11.8 Å². The van der Waals surface area contributed by atoms with Gasteiger partial charge in [0.15, 0.2) is 0 Å². The van der Waals surface area contributed by atoms with Crippen LogP contribution in [0.3, 0.4) is 0 Å². The predicted octanol–water partition coefficient (Wildman–Crippen LogP) is 1.59. The number of ether oxygens (including phenoxy) is 1. The Kier molecular flexibility index (Phi) is 7.59. The smallest absolute Gasteiger partial charge is 0.0556 e. The maximum absolute atomic E-state index is 5.00. The second kappa shape index (κ2) is 7.31. The summed E-state index contributed by atoms with van der Waals surface area (Å²) in [6.45, 7) is 7.15. The lowest BCUT2D eigenvalue weighted by Crippen LogP contribution is -1.95. The molecule has 8 heavy (non-hydrogen) atoms. The summed E-state index contributed by atoms with van der Waals surface area (Å²) in [5, 5.41) is 0. The van der Waals surface area contributed by atoms with Crippen molar-refractivity contribution < 1.29 is 4.74 Å². The number of rotatable bonds is 5. The normalized spacial score (nSPS) is 9.75. The molecule has 0 aromatic carbocycles. The van der Waals surface area contributed by atoms with Crippen molar-refractivity contribution in [2.75, 3.05) is 24.7 Å². The first kappa shape index (κ1) is 8.31. The van der Waals surface area contributed by atoms with Crippen molar-refractivity contribution in [1.82, 2.24) is 0 Å². The average Bonchev–Trinajstić information content (AvgIpc) is 1.81. The van der Waals surface area contributed by atoms with E-state index < -0.39 is 0 Å². The van der Waals surface area contributed by atoms with Crippen molar-refractivity contribution in [2.24, 2.45) is 0 Å². The molecule has 2 heteroatoms. The van der Waals surface area contributed by atoms with Gasteiger partial charge in [0.2, 0.25) is 0 Å². The molecule has 0 unspecified atom stereocenters. The van der Waals surface area contributed by atoms with Gasteiger partial charge in [0.05, 0.1) is 6.61 Å².